The second kappa shape index (κ2) is 4.04. The van der Waals surface area contributed by atoms with E-state index in [-0.39, 0.29) is 11.4 Å². The largest absolute Gasteiger partial charge is 0.268 e. The normalized spacial score (nSPS) is 10.2. The van der Waals surface area contributed by atoms with E-state index in [1.807, 2.05) is 0 Å². The third-order valence-electron chi connectivity index (χ3n) is 2.07. The Hall–Kier alpha value is -1.97. The lowest BCUT2D eigenvalue weighted by molar-refractivity contribution is 0.612. The molecule has 1 aromatic heterocycles. The molecule has 2 rings (SSSR count). The first kappa shape index (κ1) is 9.58. The maximum atomic E-state index is 13.3. The van der Waals surface area contributed by atoms with Gasteiger partial charge in [-0.15, -0.1) is 0 Å². The molecule has 1 N–H and O–H groups in total. The number of aromatic amines is 1. The molecule has 1 heterocycles. The second-order valence-corrected chi connectivity index (χ2v) is 3.18. The summed E-state index contributed by atoms with van der Waals surface area (Å²) in [5, 5.41) is 6.12. The van der Waals surface area contributed by atoms with Crippen molar-refractivity contribution in [2.45, 2.75) is 6.42 Å². The zero-order valence-corrected chi connectivity index (χ0v) is 7.90. The van der Waals surface area contributed by atoms with Gasteiger partial charge in [-0.3, -0.25) is 4.79 Å². The Bertz CT molecular complexity index is 501. The SMILES string of the molecule is O=c1ccc(Cc2ccccc2F)n[nH]1. The van der Waals surface area contributed by atoms with Crippen LogP contribution in [0.5, 0.6) is 0 Å². The van der Waals surface area contributed by atoms with E-state index in [0.717, 1.165) is 0 Å². The zero-order valence-electron chi connectivity index (χ0n) is 7.90. The van der Waals surface area contributed by atoms with Crippen molar-refractivity contribution in [2.24, 2.45) is 0 Å². The highest BCUT2D eigenvalue weighted by atomic mass is 19.1. The van der Waals surface area contributed by atoms with E-state index in [1.54, 1.807) is 24.3 Å². The smallest absolute Gasteiger partial charge is 0.264 e. The number of hydrogen-bond donors (Lipinski definition) is 1. The minimum atomic E-state index is -0.259. The molecule has 3 nitrogen and oxygen atoms in total. The van der Waals surface area contributed by atoms with Gasteiger partial charge in [0, 0.05) is 12.5 Å². The highest BCUT2D eigenvalue weighted by Crippen LogP contribution is 2.10. The number of H-pyrrole nitrogens is 1. The fourth-order valence-corrected chi connectivity index (χ4v) is 1.31. The highest BCUT2D eigenvalue weighted by Gasteiger charge is 2.02. The average molecular weight is 204 g/mol. The van der Waals surface area contributed by atoms with E-state index < -0.39 is 0 Å². The number of nitrogens with zero attached hydrogens (tertiary/aromatic N) is 1. The van der Waals surface area contributed by atoms with Crippen LogP contribution in [0.15, 0.2) is 41.2 Å². The first-order valence-corrected chi connectivity index (χ1v) is 4.54. The molecule has 0 aliphatic carbocycles. The minimum absolute atomic E-state index is 0.257. The van der Waals surface area contributed by atoms with Crippen LogP contribution < -0.4 is 5.56 Å². The van der Waals surface area contributed by atoms with Gasteiger partial charge in [0.05, 0.1) is 5.69 Å². The molecule has 0 atom stereocenters. The van der Waals surface area contributed by atoms with Gasteiger partial charge >= 0.3 is 0 Å². The Balaban J connectivity index is 2.26. The molecule has 0 aliphatic heterocycles. The van der Waals surface area contributed by atoms with E-state index in [4.69, 9.17) is 0 Å². The summed E-state index contributed by atoms with van der Waals surface area (Å²) in [5.41, 5.74) is 0.948. The Morgan fingerprint density at radius 1 is 1.20 bits per heavy atom. The quantitative estimate of drug-likeness (QED) is 0.805. The summed E-state index contributed by atoms with van der Waals surface area (Å²) in [6, 6.07) is 9.47. The Labute approximate surface area is 85.6 Å². The summed E-state index contributed by atoms with van der Waals surface area (Å²) in [7, 11) is 0. The minimum Gasteiger partial charge on any atom is -0.268 e. The van der Waals surface area contributed by atoms with Crippen LogP contribution in [0.1, 0.15) is 11.3 Å². The molecule has 0 unspecified atom stereocenters. The molecular formula is C11H9FN2O. The number of rotatable bonds is 2. The standard InChI is InChI=1S/C11H9FN2O/c12-10-4-2-1-3-8(10)7-9-5-6-11(15)14-13-9/h1-6H,7H2,(H,14,15). The fourth-order valence-electron chi connectivity index (χ4n) is 1.31. The third kappa shape index (κ3) is 2.28. The maximum absolute atomic E-state index is 13.3. The van der Waals surface area contributed by atoms with Gasteiger partial charge in [-0.05, 0) is 17.7 Å². The Morgan fingerprint density at radius 3 is 2.67 bits per heavy atom. The van der Waals surface area contributed by atoms with Crippen LogP contribution in [0.3, 0.4) is 0 Å². The van der Waals surface area contributed by atoms with Gasteiger partial charge < -0.3 is 0 Å². The molecule has 0 radical (unpaired) electrons. The van der Waals surface area contributed by atoms with Crippen LogP contribution in [0.2, 0.25) is 0 Å². The van der Waals surface area contributed by atoms with Gasteiger partial charge in [0.1, 0.15) is 5.82 Å². The van der Waals surface area contributed by atoms with E-state index in [0.29, 0.717) is 17.7 Å². The lowest BCUT2D eigenvalue weighted by Crippen LogP contribution is -2.08. The van der Waals surface area contributed by atoms with Crippen molar-refractivity contribution in [3.05, 3.63) is 63.8 Å². The second-order valence-electron chi connectivity index (χ2n) is 3.18. The molecular weight excluding hydrogens is 195 g/mol. The summed E-state index contributed by atoms with van der Waals surface area (Å²) in [5.74, 6) is -0.259. The van der Waals surface area contributed by atoms with Gasteiger partial charge in [-0.2, -0.15) is 5.10 Å². The van der Waals surface area contributed by atoms with E-state index in [2.05, 4.69) is 10.2 Å². The molecule has 0 bridgehead atoms. The molecule has 0 fully saturated rings. The number of benzene rings is 1. The van der Waals surface area contributed by atoms with Gasteiger partial charge in [0.25, 0.3) is 5.56 Å². The van der Waals surface area contributed by atoms with Crippen molar-refractivity contribution in [3.8, 4) is 0 Å². The van der Waals surface area contributed by atoms with Crippen molar-refractivity contribution >= 4 is 0 Å². The number of aromatic nitrogens is 2. The summed E-state index contributed by atoms with van der Waals surface area (Å²) in [6.45, 7) is 0. The van der Waals surface area contributed by atoms with Crippen molar-refractivity contribution in [3.63, 3.8) is 0 Å². The predicted molar refractivity (Wildman–Crippen MR) is 54.1 cm³/mol. The summed E-state index contributed by atoms with van der Waals surface area (Å²) >= 11 is 0. The summed E-state index contributed by atoms with van der Waals surface area (Å²) in [6.07, 6.45) is 0.378. The average Bonchev–Trinajstić information content (AvgIpc) is 2.25. The van der Waals surface area contributed by atoms with E-state index in [9.17, 15) is 9.18 Å². The topological polar surface area (TPSA) is 45.8 Å². The Kier molecular flexibility index (Phi) is 2.58. The molecule has 4 heteroatoms. The van der Waals surface area contributed by atoms with E-state index >= 15 is 0 Å². The van der Waals surface area contributed by atoms with Crippen molar-refractivity contribution in [2.75, 3.05) is 0 Å². The lowest BCUT2D eigenvalue weighted by atomic mass is 10.1. The molecule has 0 saturated carbocycles. The van der Waals surface area contributed by atoms with Crippen molar-refractivity contribution in [1.82, 2.24) is 10.2 Å². The first-order chi connectivity index (χ1) is 7.25. The number of nitrogens with one attached hydrogen (secondary N) is 1. The third-order valence-corrected chi connectivity index (χ3v) is 2.07. The van der Waals surface area contributed by atoms with Crippen molar-refractivity contribution in [1.29, 1.82) is 0 Å². The monoisotopic (exact) mass is 204 g/mol. The van der Waals surface area contributed by atoms with Crippen LogP contribution in [0.25, 0.3) is 0 Å². The van der Waals surface area contributed by atoms with Crippen LogP contribution in [-0.4, -0.2) is 10.2 Å². The molecule has 2 aromatic rings. The van der Waals surface area contributed by atoms with Gasteiger partial charge in [0.2, 0.25) is 0 Å². The number of hydrogen-bond acceptors (Lipinski definition) is 2. The predicted octanol–water partition coefficient (Wildman–Crippen LogP) is 1.50. The fraction of sp³-hybridized carbons (Fsp3) is 0.0909. The molecule has 0 amide bonds. The molecule has 0 aliphatic rings. The van der Waals surface area contributed by atoms with Crippen LogP contribution >= 0.6 is 0 Å². The van der Waals surface area contributed by atoms with Gasteiger partial charge in [-0.25, -0.2) is 9.49 Å². The van der Waals surface area contributed by atoms with Gasteiger partial charge in [-0.1, -0.05) is 18.2 Å². The van der Waals surface area contributed by atoms with E-state index in [1.165, 1.54) is 12.1 Å². The van der Waals surface area contributed by atoms with Crippen LogP contribution in [0, 0.1) is 5.82 Å². The molecule has 76 valence electrons. The maximum Gasteiger partial charge on any atom is 0.264 e. The molecule has 15 heavy (non-hydrogen) atoms. The lowest BCUT2D eigenvalue weighted by Gasteiger charge is -2.01. The first-order valence-electron chi connectivity index (χ1n) is 4.54. The molecule has 1 aromatic carbocycles. The Morgan fingerprint density at radius 2 is 2.00 bits per heavy atom. The summed E-state index contributed by atoms with van der Waals surface area (Å²) < 4.78 is 13.3. The van der Waals surface area contributed by atoms with Gasteiger partial charge in [0.15, 0.2) is 0 Å². The molecule has 0 saturated heterocycles. The summed E-state index contributed by atoms with van der Waals surface area (Å²) in [4.78, 5) is 10.7. The van der Waals surface area contributed by atoms with Crippen molar-refractivity contribution < 1.29 is 4.39 Å². The zero-order chi connectivity index (χ0) is 10.7. The highest BCUT2D eigenvalue weighted by molar-refractivity contribution is 5.22. The molecule has 0 spiro atoms. The van der Waals surface area contributed by atoms with Crippen LogP contribution in [-0.2, 0) is 6.42 Å². The number of halogens is 1. The van der Waals surface area contributed by atoms with Crippen LogP contribution in [0.4, 0.5) is 4.39 Å².